The van der Waals surface area contributed by atoms with Crippen molar-refractivity contribution in [2.24, 2.45) is 0 Å². The summed E-state index contributed by atoms with van der Waals surface area (Å²) in [7, 11) is 1.61. The molecule has 5 heteroatoms. The lowest BCUT2D eigenvalue weighted by Crippen LogP contribution is -2.23. The van der Waals surface area contributed by atoms with Gasteiger partial charge in [0.2, 0.25) is 0 Å². The van der Waals surface area contributed by atoms with E-state index >= 15 is 0 Å². The number of hydrogen-bond donors (Lipinski definition) is 0. The standard InChI is InChI=1S/C15H17ClN2O2/c1-15(2,3)18-14(16)12(9-19)13(17-18)10-5-7-11(20-4)8-6-10/h5-9H,1-4H3. The van der Waals surface area contributed by atoms with Gasteiger partial charge in [0.05, 0.1) is 18.2 Å². The van der Waals surface area contributed by atoms with Gasteiger partial charge < -0.3 is 4.74 Å². The number of benzene rings is 1. The van der Waals surface area contributed by atoms with Crippen molar-refractivity contribution in [2.75, 3.05) is 7.11 Å². The van der Waals surface area contributed by atoms with Crippen molar-refractivity contribution in [3.8, 4) is 17.0 Å². The van der Waals surface area contributed by atoms with Gasteiger partial charge in [-0.2, -0.15) is 5.10 Å². The first-order valence-corrected chi connectivity index (χ1v) is 6.65. The number of methoxy groups -OCH3 is 1. The Balaban J connectivity index is 2.58. The largest absolute Gasteiger partial charge is 0.497 e. The van der Waals surface area contributed by atoms with Gasteiger partial charge in [0.1, 0.15) is 16.6 Å². The number of carbonyl (C=O) groups excluding carboxylic acids is 1. The van der Waals surface area contributed by atoms with E-state index in [0.717, 1.165) is 17.6 Å². The smallest absolute Gasteiger partial charge is 0.155 e. The SMILES string of the molecule is COc1ccc(-c2nn(C(C)(C)C)c(Cl)c2C=O)cc1. The molecule has 20 heavy (non-hydrogen) atoms. The van der Waals surface area contributed by atoms with Crippen LogP contribution in [0.3, 0.4) is 0 Å². The number of halogens is 1. The summed E-state index contributed by atoms with van der Waals surface area (Å²) < 4.78 is 6.79. The van der Waals surface area contributed by atoms with Gasteiger partial charge in [0, 0.05) is 5.56 Å². The minimum absolute atomic E-state index is 0.292. The molecule has 1 aromatic carbocycles. The van der Waals surface area contributed by atoms with E-state index in [1.165, 1.54) is 0 Å². The van der Waals surface area contributed by atoms with E-state index in [0.29, 0.717) is 16.4 Å². The molecule has 2 aromatic rings. The van der Waals surface area contributed by atoms with E-state index in [2.05, 4.69) is 5.10 Å². The first-order valence-electron chi connectivity index (χ1n) is 6.27. The molecule has 0 unspecified atom stereocenters. The van der Waals surface area contributed by atoms with Crippen LogP contribution in [0.4, 0.5) is 0 Å². The number of hydrogen-bond acceptors (Lipinski definition) is 3. The minimum atomic E-state index is -0.292. The monoisotopic (exact) mass is 292 g/mol. The van der Waals surface area contributed by atoms with Crippen LogP contribution >= 0.6 is 11.6 Å². The molecule has 0 amide bonds. The minimum Gasteiger partial charge on any atom is -0.497 e. The molecule has 0 aliphatic carbocycles. The molecule has 0 saturated carbocycles. The third-order valence-electron chi connectivity index (χ3n) is 2.98. The molecule has 0 spiro atoms. The van der Waals surface area contributed by atoms with Crippen molar-refractivity contribution < 1.29 is 9.53 Å². The van der Waals surface area contributed by atoms with E-state index in [1.54, 1.807) is 11.8 Å². The summed E-state index contributed by atoms with van der Waals surface area (Å²) in [6.45, 7) is 5.95. The van der Waals surface area contributed by atoms with Crippen LogP contribution in [0.1, 0.15) is 31.1 Å². The van der Waals surface area contributed by atoms with Crippen LogP contribution in [0.5, 0.6) is 5.75 Å². The molecule has 0 aliphatic heterocycles. The second kappa shape index (κ2) is 5.29. The maximum absolute atomic E-state index is 11.3. The van der Waals surface area contributed by atoms with Gasteiger partial charge in [-0.05, 0) is 45.0 Å². The van der Waals surface area contributed by atoms with Gasteiger partial charge in [-0.15, -0.1) is 0 Å². The number of carbonyl (C=O) groups is 1. The summed E-state index contributed by atoms with van der Waals surface area (Å²) in [5.74, 6) is 0.753. The molecule has 0 N–H and O–H groups in total. The van der Waals surface area contributed by atoms with Gasteiger partial charge in [-0.1, -0.05) is 11.6 Å². The number of nitrogens with zero attached hydrogens (tertiary/aromatic N) is 2. The van der Waals surface area contributed by atoms with E-state index in [1.807, 2.05) is 45.0 Å². The lowest BCUT2D eigenvalue weighted by molar-refractivity contribution is 0.112. The Bertz CT molecular complexity index is 625. The number of rotatable bonds is 3. The van der Waals surface area contributed by atoms with Crippen LogP contribution in [0, 0.1) is 0 Å². The van der Waals surface area contributed by atoms with E-state index in [9.17, 15) is 4.79 Å². The van der Waals surface area contributed by atoms with Crippen LogP contribution in [0.15, 0.2) is 24.3 Å². The summed E-state index contributed by atoms with van der Waals surface area (Å²) in [5, 5.41) is 4.85. The van der Waals surface area contributed by atoms with Crippen molar-refractivity contribution in [1.29, 1.82) is 0 Å². The third-order valence-corrected chi connectivity index (χ3v) is 3.34. The molecule has 1 aromatic heterocycles. The Morgan fingerprint density at radius 3 is 2.30 bits per heavy atom. The molecule has 0 fully saturated rings. The van der Waals surface area contributed by atoms with E-state index in [-0.39, 0.29) is 5.54 Å². The van der Waals surface area contributed by atoms with Gasteiger partial charge in [0.15, 0.2) is 6.29 Å². The van der Waals surface area contributed by atoms with Crippen molar-refractivity contribution in [3.63, 3.8) is 0 Å². The second-order valence-corrected chi connectivity index (χ2v) is 5.84. The van der Waals surface area contributed by atoms with Crippen LogP contribution in [-0.2, 0) is 5.54 Å². The number of aromatic nitrogens is 2. The van der Waals surface area contributed by atoms with Crippen LogP contribution < -0.4 is 4.74 Å². The summed E-state index contributed by atoms with van der Waals surface area (Å²) in [6.07, 6.45) is 0.747. The number of aldehydes is 1. The molecule has 0 saturated heterocycles. The normalized spacial score (nSPS) is 11.4. The average molecular weight is 293 g/mol. The molecule has 0 atom stereocenters. The summed E-state index contributed by atoms with van der Waals surface area (Å²) in [5.41, 5.74) is 1.53. The Kier molecular flexibility index (Phi) is 3.86. The van der Waals surface area contributed by atoms with Gasteiger partial charge in [-0.25, -0.2) is 4.68 Å². The second-order valence-electron chi connectivity index (χ2n) is 5.48. The topological polar surface area (TPSA) is 44.1 Å². The first kappa shape index (κ1) is 14.6. The fraction of sp³-hybridized carbons (Fsp3) is 0.333. The van der Waals surface area contributed by atoms with Gasteiger partial charge >= 0.3 is 0 Å². The molecule has 0 radical (unpaired) electrons. The average Bonchev–Trinajstić information content (AvgIpc) is 2.75. The molecule has 0 bridgehead atoms. The van der Waals surface area contributed by atoms with Gasteiger partial charge in [0.25, 0.3) is 0 Å². The van der Waals surface area contributed by atoms with Crippen LogP contribution in [-0.4, -0.2) is 23.2 Å². The highest BCUT2D eigenvalue weighted by molar-refractivity contribution is 6.32. The van der Waals surface area contributed by atoms with E-state index < -0.39 is 0 Å². The lowest BCUT2D eigenvalue weighted by atomic mass is 10.1. The molecule has 0 aliphatic rings. The number of ether oxygens (including phenoxy) is 1. The first-order chi connectivity index (χ1) is 9.38. The predicted octanol–water partition coefficient (Wildman–Crippen LogP) is 3.78. The summed E-state index contributed by atoms with van der Waals surface area (Å²) in [4.78, 5) is 11.3. The Morgan fingerprint density at radius 2 is 1.85 bits per heavy atom. The molecule has 1 heterocycles. The maximum Gasteiger partial charge on any atom is 0.155 e. The fourth-order valence-corrected chi connectivity index (χ4v) is 2.35. The zero-order valence-electron chi connectivity index (χ0n) is 12.0. The zero-order valence-corrected chi connectivity index (χ0v) is 12.7. The molecule has 106 valence electrons. The molecular weight excluding hydrogens is 276 g/mol. The Labute approximate surface area is 123 Å². The highest BCUT2D eigenvalue weighted by Crippen LogP contribution is 2.31. The maximum atomic E-state index is 11.3. The van der Waals surface area contributed by atoms with Crippen molar-refractivity contribution in [2.45, 2.75) is 26.3 Å². The molecule has 2 rings (SSSR count). The van der Waals surface area contributed by atoms with Crippen molar-refractivity contribution in [1.82, 2.24) is 9.78 Å². The van der Waals surface area contributed by atoms with Crippen molar-refractivity contribution >= 4 is 17.9 Å². The summed E-state index contributed by atoms with van der Waals surface area (Å²) >= 11 is 6.27. The Hall–Kier alpha value is -1.81. The quantitative estimate of drug-likeness (QED) is 0.809. The van der Waals surface area contributed by atoms with Gasteiger partial charge in [-0.3, -0.25) is 4.79 Å². The lowest BCUT2D eigenvalue weighted by Gasteiger charge is -2.20. The Morgan fingerprint density at radius 1 is 1.25 bits per heavy atom. The third kappa shape index (κ3) is 2.56. The van der Waals surface area contributed by atoms with Crippen LogP contribution in [0.2, 0.25) is 5.15 Å². The highest BCUT2D eigenvalue weighted by atomic mass is 35.5. The fourth-order valence-electron chi connectivity index (χ4n) is 1.92. The van der Waals surface area contributed by atoms with Crippen LogP contribution in [0.25, 0.3) is 11.3 Å². The highest BCUT2D eigenvalue weighted by Gasteiger charge is 2.24. The van der Waals surface area contributed by atoms with E-state index in [4.69, 9.17) is 16.3 Å². The zero-order chi connectivity index (χ0) is 14.9. The summed E-state index contributed by atoms with van der Waals surface area (Å²) in [6, 6.07) is 7.37. The predicted molar refractivity (Wildman–Crippen MR) is 79.6 cm³/mol. The molecule has 4 nitrogen and oxygen atoms in total. The van der Waals surface area contributed by atoms with Crippen molar-refractivity contribution in [3.05, 3.63) is 35.0 Å². The molecular formula is C15H17ClN2O2.